The highest BCUT2D eigenvalue weighted by atomic mass is 35.5. The fourth-order valence-corrected chi connectivity index (χ4v) is 2.62. The number of rotatable bonds is 4. The molecular weight excluding hydrogens is 327 g/mol. The van der Waals surface area contributed by atoms with Crippen molar-refractivity contribution >= 4 is 23.5 Å². The largest absolute Gasteiger partial charge is 0.497 e. The Morgan fingerprint density at radius 3 is 2.50 bits per heavy atom. The van der Waals surface area contributed by atoms with Crippen molar-refractivity contribution < 1.29 is 9.13 Å². The number of methoxy groups -OCH3 is 1. The Kier molecular flexibility index (Phi) is 4.67. The number of aromatic nitrogens is 1. The first kappa shape index (κ1) is 16.3. The summed E-state index contributed by atoms with van der Waals surface area (Å²) in [6.07, 6.45) is 1.74. The van der Waals surface area contributed by atoms with E-state index in [2.05, 4.69) is 9.56 Å². The zero-order valence-electron chi connectivity index (χ0n) is 13.3. The van der Waals surface area contributed by atoms with Crippen molar-refractivity contribution in [3.63, 3.8) is 0 Å². The number of hydrogen-bond donors (Lipinski definition) is 0. The Morgan fingerprint density at radius 2 is 1.83 bits per heavy atom. The number of halogens is 2. The van der Waals surface area contributed by atoms with Crippen molar-refractivity contribution in [1.29, 1.82) is 0 Å². The van der Waals surface area contributed by atoms with Crippen molar-refractivity contribution in [3.05, 3.63) is 76.8 Å². The zero-order chi connectivity index (χ0) is 17.1. The normalized spacial score (nSPS) is 11.2. The predicted molar refractivity (Wildman–Crippen MR) is 95.7 cm³/mol. The van der Waals surface area contributed by atoms with Crippen LogP contribution in [0.1, 0.15) is 11.4 Å². The van der Waals surface area contributed by atoms with Crippen LogP contribution in [0, 0.1) is 12.7 Å². The van der Waals surface area contributed by atoms with Crippen molar-refractivity contribution in [2.24, 2.45) is 4.99 Å². The molecular formula is C19H16ClFN2O. The lowest BCUT2D eigenvalue weighted by Crippen LogP contribution is -2.01. The van der Waals surface area contributed by atoms with E-state index in [1.54, 1.807) is 19.4 Å². The number of aliphatic imine (C=N–C) groups is 1. The maximum absolute atomic E-state index is 13.2. The van der Waals surface area contributed by atoms with E-state index in [-0.39, 0.29) is 5.02 Å². The molecule has 2 aromatic carbocycles. The summed E-state index contributed by atoms with van der Waals surface area (Å²) in [4.78, 5) is 4.39. The summed E-state index contributed by atoms with van der Waals surface area (Å²) in [5, 5.41) is 0.0615. The SMILES string of the molecule is COc1ccc(-n2c(C)ccc2C=Nc2ccc(F)c(Cl)c2)cc1. The molecule has 0 radical (unpaired) electrons. The summed E-state index contributed by atoms with van der Waals surface area (Å²) in [5.74, 6) is 0.354. The summed E-state index contributed by atoms with van der Waals surface area (Å²) in [7, 11) is 1.64. The van der Waals surface area contributed by atoms with Gasteiger partial charge in [0, 0.05) is 11.4 Å². The molecule has 0 aliphatic heterocycles. The summed E-state index contributed by atoms with van der Waals surface area (Å²) in [5.41, 5.74) is 3.61. The van der Waals surface area contributed by atoms with Gasteiger partial charge in [0.15, 0.2) is 0 Å². The Balaban J connectivity index is 1.94. The van der Waals surface area contributed by atoms with Crippen molar-refractivity contribution in [2.45, 2.75) is 6.92 Å². The monoisotopic (exact) mass is 342 g/mol. The van der Waals surface area contributed by atoms with E-state index in [1.165, 1.54) is 12.1 Å². The molecule has 0 saturated carbocycles. The maximum Gasteiger partial charge on any atom is 0.141 e. The number of nitrogens with zero attached hydrogens (tertiary/aromatic N) is 2. The van der Waals surface area contributed by atoms with Gasteiger partial charge in [-0.15, -0.1) is 0 Å². The minimum atomic E-state index is -0.451. The smallest absolute Gasteiger partial charge is 0.141 e. The molecule has 0 bridgehead atoms. The summed E-state index contributed by atoms with van der Waals surface area (Å²) < 4.78 is 20.5. The quantitative estimate of drug-likeness (QED) is 0.588. The van der Waals surface area contributed by atoms with E-state index in [0.29, 0.717) is 5.69 Å². The zero-order valence-corrected chi connectivity index (χ0v) is 14.1. The number of ether oxygens (including phenoxy) is 1. The molecule has 0 atom stereocenters. The van der Waals surface area contributed by atoms with Gasteiger partial charge in [-0.05, 0) is 61.5 Å². The van der Waals surface area contributed by atoms with Gasteiger partial charge in [0.05, 0.1) is 29.7 Å². The van der Waals surface area contributed by atoms with Crippen LogP contribution in [-0.2, 0) is 0 Å². The van der Waals surface area contributed by atoms with Crippen LogP contribution in [-0.4, -0.2) is 17.9 Å². The Labute approximate surface area is 145 Å². The van der Waals surface area contributed by atoms with Crippen LogP contribution >= 0.6 is 11.6 Å². The van der Waals surface area contributed by atoms with Crippen molar-refractivity contribution in [1.82, 2.24) is 4.57 Å². The molecule has 3 nitrogen and oxygen atoms in total. The molecule has 0 fully saturated rings. The topological polar surface area (TPSA) is 26.5 Å². The van der Waals surface area contributed by atoms with Crippen LogP contribution in [0.4, 0.5) is 10.1 Å². The highest BCUT2D eigenvalue weighted by molar-refractivity contribution is 6.31. The lowest BCUT2D eigenvalue weighted by atomic mass is 10.3. The molecule has 0 amide bonds. The van der Waals surface area contributed by atoms with E-state index in [1.807, 2.05) is 43.3 Å². The number of aryl methyl sites for hydroxylation is 1. The van der Waals surface area contributed by atoms with Crippen molar-refractivity contribution in [2.75, 3.05) is 7.11 Å². The predicted octanol–water partition coefficient (Wildman–Crippen LogP) is 5.34. The third kappa shape index (κ3) is 3.34. The first-order valence-electron chi connectivity index (χ1n) is 7.40. The van der Waals surface area contributed by atoms with E-state index in [4.69, 9.17) is 16.3 Å². The fraction of sp³-hybridized carbons (Fsp3) is 0.105. The minimum Gasteiger partial charge on any atom is -0.497 e. The molecule has 1 aromatic heterocycles. The summed E-state index contributed by atoms with van der Waals surface area (Å²) in [6.45, 7) is 2.02. The maximum atomic E-state index is 13.2. The first-order chi connectivity index (χ1) is 11.6. The molecule has 0 unspecified atom stereocenters. The third-order valence-corrected chi connectivity index (χ3v) is 3.98. The summed E-state index contributed by atoms with van der Waals surface area (Å²) >= 11 is 5.79. The Morgan fingerprint density at radius 1 is 1.08 bits per heavy atom. The van der Waals surface area contributed by atoms with Gasteiger partial charge in [0.1, 0.15) is 11.6 Å². The number of benzene rings is 2. The highest BCUT2D eigenvalue weighted by Crippen LogP contribution is 2.23. The van der Waals surface area contributed by atoms with E-state index in [0.717, 1.165) is 22.8 Å². The van der Waals surface area contributed by atoms with Crippen LogP contribution < -0.4 is 4.74 Å². The molecule has 1 heterocycles. The van der Waals surface area contributed by atoms with E-state index >= 15 is 0 Å². The fourth-order valence-electron chi connectivity index (χ4n) is 2.45. The molecule has 0 N–H and O–H groups in total. The number of hydrogen-bond acceptors (Lipinski definition) is 2. The molecule has 0 aliphatic rings. The van der Waals surface area contributed by atoms with Crippen LogP contribution in [0.3, 0.4) is 0 Å². The van der Waals surface area contributed by atoms with E-state index < -0.39 is 5.82 Å². The molecule has 0 saturated heterocycles. The van der Waals surface area contributed by atoms with Crippen LogP contribution in [0.2, 0.25) is 5.02 Å². The Bertz CT molecular complexity index is 885. The molecule has 0 spiro atoms. The molecule has 5 heteroatoms. The van der Waals surface area contributed by atoms with Gasteiger partial charge in [-0.2, -0.15) is 0 Å². The summed E-state index contributed by atoms with van der Waals surface area (Å²) in [6, 6.07) is 16.2. The van der Waals surface area contributed by atoms with Gasteiger partial charge in [-0.1, -0.05) is 11.6 Å². The van der Waals surface area contributed by atoms with Gasteiger partial charge in [0.2, 0.25) is 0 Å². The first-order valence-corrected chi connectivity index (χ1v) is 7.78. The van der Waals surface area contributed by atoms with Gasteiger partial charge in [0.25, 0.3) is 0 Å². The lowest BCUT2D eigenvalue weighted by Gasteiger charge is -2.10. The second-order valence-electron chi connectivity index (χ2n) is 5.29. The average Bonchev–Trinajstić information content (AvgIpc) is 2.97. The lowest BCUT2D eigenvalue weighted by molar-refractivity contribution is 0.414. The Hall–Kier alpha value is -2.59. The standard InChI is InChI=1S/C19H16ClFN2O/c1-13-3-5-16(12-22-14-4-10-19(21)18(20)11-14)23(13)15-6-8-17(24-2)9-7-15/h3-12H,1-2H3. The van der Waals surface area contributed by atoms with Crippen LogP contribution in [0.5, 0.6) is 5.75 Å². The van der Waals surface area contributed by atoms with E-state index in [9.17, 15) is 4.39 Å². The molecule has 3 rings (SSSR count). The van der Waals surface area contributed by atoms with Crippen molar-refractivity contribution in [3.8, 4) is 11.4 Å². The second kappa shape index (κ2) is 6.89. The average molecular weight is 343 g/mol. The second-order valence-corrected chi connectivity index (χ2v) is 5.70. The highest BCUT2D eigenvalue weighted by Gasteiger charge is 2.06. The molecule has 3 aromatic rings. The minimum absolute atomic E-state index is 0.0615. The van der Waals surface area contributed by atoms with Crippen LogP contribution in [0.15, 0.2) is 59.6 Å². The molecule has 0 aliphatic carbocycles. The van der Waals surface area contributed by atoms with Gasteiger partial charge in [-0.3, -0.25) is 4.99 Å². The third-order valence-electron chi connectivity index (χ3n) is 3.69. The van der Waals surface area contributed by atoms with Gasteiger partial charge in [-0.25, -0.2) is 4.39 Å². The van der Waals surface area contributed by atoms with Crippen LogP contribution in [0.25, 0.3) is 5.69 Å². The molecule has 122 valence electrons. The molecule has 24 heavy (non-hydrogen) atoms. The van der Waals surface area contributed by atoms with Gasteiger partial charge < -0.3 is 9.30 Å². The van der Waals surface area contributed by atoms with Gasteiger partial charge >= 0.3 is 0 Å².